The number of aromatic nitrogens is 2. The lowest BCUT2D eigenvalue weighted by molar-refractivity contribution is 0.514. The maximum atomic E-state index is 12.4. The quantitative estimate of drug-likeness (QED) is 0.222. The minimum absolute atomic E-state index is 0.416. The van der Waals surface area contributed by atoms with E-state index in [1.165, 1.54) is 0 Å². The Morgan fingerprint density at radius 3 is 1.62 bits per heavy atom. The third kappa shape index (κ3) is 4.27. The van der Waals surface area contributed by atoms with Gasteiger partial charge >= 0.3 is 0 Å². The number of benzene rings is 3. The van der Waals surface area contributed by atoms with Crippen molar-refractivity contribution in [3.05, 3.63) is 126 Å². The van der Waals surface area contributed by atoms with E-state index in [2.05, 4.69) is 86.7 Å². The van der Waals surface area contributed by atoms with Gasteiger partial charge in [0, 0.05) is 6.20 Å². The predicted molar refractivity (Wildman–Crippen MR) is 132 cm³/mol. The van der Waals surface area contributed by atoms with Crippen LogP contribution in [0.4, 0.5) is 0 Å². The van der Waals surface area contributed by atoms with Gasteiger partial charge in [-0.2, -0.15) is 0 Å². The van der Waals surface area contributed by atoms with Crippen LogP contribution in [0.2, 0.25) is 0 Å². The second-order valence-electron chi connectivity index (χ2n) is 8.61. The van der Waals surface area contributed by atoms with Gasteiger partial charge in [0.15, 0.2) is 0 Å². The lowest BCUT2D eigenvalue weighted by atomic mass is 9.77. The number of hydrogen-bond acceptors (Lipinski definition) is 3. The third-order valence-corrected chi connectivity index (χ3v) is 6.71. The molecule has 4 aromatic rings. The van der Waals surface area contributed by atoms with Crippen molar-refractivity contribution in [2.24, 2.45) is 4.40 Å². The lowest BCUT2D eigenvalue weighted by Crippen LogP contribution is -2.36. The van der Waals surface area contributed by atoms with E-state index >= 15 is 0 Å². The molecule has 3 aromatic carbocycles. The Morgan fingerprint density at radius 1 is 0.781 bits per heavy atom. The van der Waals surface area contributed by atoms with E-state index < -0.39 is 21.6 Å². The minimum atomic E-state index is -1.34. The molecule has 162 valence electrons. The molecule has 1 aromatic heterocycles. The summed E-state index contributed by atoms with van der Waals surface area (Å²) >= 11 is -1.34. The highest BCUT2D eigenvalue weighted by Crippen LogP contribution is 2.40. The van der Waals surface area contributed by atoms with Gasteiger partial charge in [-0.25, -0.2) is 4.98 Å². The van der Waals surface area contributed by atoms with Crippen molar-refractivity contribution in [1.29, 1.82) is 0 Å². The normalized spacial score (nSPS) is 13.4. The molecule has 1 atom stereocenters. The highest BCUT2D eigenvalue weighted by Gasteiger charge is 2.38. The average Bonchev–Trinajstić information content (AvgIpc) is 3.29. The molecular weight excluding hydrogens is 414 g/mol. The van der Waals surface area contributed by atoms with Gasteiger partial charge in [0.05, 0.1) is 6.33 Å². The third-order valence-electron chi connectivity index (χ3n) is 5.37. The predicted octanol–water partition coefficient (Wildman–Crippen LogP) is 5.60. The fourth-order valence-electron chi connectivity index (χ4n) is 3.83. The average molecular weight is 442 g/mol. The fraction of sp³-hybridized carbons (Fsp3) is 0.185. The highest BCUT2D eigenvalue weighted by atomic mass is 32.2. The summed E-state index contributed by atoms with van der Waals surface area (Å²) in [4.78, 5) is 4.59. The van der Waals surface area contributed by atoms with Crippen molar-refractivity contribution in [2.75, 3.05) is 0 Å². The van der Waals surface area contributed by atoms with Crippen molar-refractivity contribution in [1.82, 2.24) is 9.55 Å². The van der Waals surface area contributed by atoms with Crippen LogP contribution in [-0.2, 0) is 16.9 Å². The molecule has 0 amide bonds. The standard InChI is InChI=1S/C27H27N3OS/c1-26(2,3)32(31)29-19-25-20-30(21-28-25)27(22-13-7-4-8-14-22,23-15-9-5-10-16-23)24-17-11-6-12-18-24/h4-21H,1-3H3/b29-19+/t32-/m0/s1. The van der Waals surface area contributed by atoms with Crippen molar-refractivity contribution < 1.29 is 4.55 Å². The zero-order chi connectivity index (χ0) is 22.6. The number of nitrogens with zero attached hydrogens (tertiary/aromatic N) is 3. The van der Waals surface area contributed by atoms with Crippen LogP contribution in [0.15, 0.2) is 108 Å². The first-order chi connectivity index (χ1) is 15.4. The zero-order valence-corrected chi connectivity index (χ0v) is 19.4. The van der Waals surface area contributed by atoms with Gasteiger partial charge in [-0.05, 0) is 37.5 Å². The summed E-state index contributed by atoms with van der Waals surface area (Å²) in [7, 11) is 0. The minimum Gasteiger partial charge on any atom is -0.591 e. The lowest BCUT2D eigenvalue weighted by Gasteiger charge is -2.37. The summed E-state index contributed by atoms with van der Waals surface area (Å²) in [6.45, 7) is 5.72. The second-order valence-corrected chi connectivity index (χ2v) is 10.5. The van der Waals surface area contributed by atoms with E-state index in [0.717, 1.165) is 16.7 Å². The molecule has 0 bridgehead atoms. The van der Waals surface area contributed by atoms with E-state index in [9.17, 15) is 4.55 Å². The number of rotatable bonds is 6. The highest BCUT2D eigenvalue weighted by molar-refractivity contribution is 7.91. The first-order valence-electron chi connectivity index (χ1n) is 10.6. The molecule has 32 heavy (non-hydrogen) atoms. The van der Waals surface area contributed by atoms with E-state index in [4.69, 9.17) is 0 Å². The summed E-state index contributed by atoms with van der Waals surface area (Å²) in [5, 5.41) is 0. The van der Waals surface area contributed by atoms with Crippen molar-refractivity contribution in [2.45, 2.75) is 31.1 Å². The molecule has 4 rings (SSSR count). The van der Waals surface area contributed by atoms with Gasteiger partial charge in [0.1, 0.15) is 33.6 Å². The monoisotopic (exact) mass is 441 g/mol. The summed E-state index contributed by atoms with van der Waals surface area (Å²) in [5.41, 5.74) is 3.41. The maximum absolute atomic E-state index is 12.4. The molecule has 0 N–H and O–H groups in total. The van der Waals surface area contributed by atoms with E-state index in [1.807, 2.05) is 51.5 Å². The first-order valence-corrected chi connectivity index (χ1v) is 11.7. The molecule has 0 unspecified atom stereocenters. The molecule has 0 aliphatic heterocycles. The van der Waals surface area contributed by atoms with Crippen LogP contribution in [0.1, 0.15) is 43.2 Å². The largest absolute Gasteiger partial charge is 0.591 e. The van der Waals surface area contributed by atoms with Crippen LogP contribution >= 0.6 is 0 Å². The fourth-order valence-corrected chi connectivity index (χ4v) is 4.35. The summed E-state index contributed by atoms with van der Waals surface area (Å²) in [6, 6.07) is 31.3. The van der Waals surface area contributed by atoms with Crippen molar-refractivity contribution in [3.8, 4) is 0 Å². The van der Waals surface area contributed by atoms with Crippen LogP contribution in [0.5, 0.6) is 0 Å². The number of imidazole rings is 1. The summed E-state index contributed by atoms with van der Waals surface area (Å²) in [6.07, 6.45) is 5.40. The van der Waals surface area contributed by atoms with Crippen LogP contribution < -0.4 is 0 Å². The topological polar surface area (TPSA) is 53.2 Å². The van der Waals surface area contributed by atoms with Crippen LogP contribution in [-0.4, -0.2) is 25.1 Å². The molecule has 0 aliphatic carbocycles. The molecule has 0 saturated heterocycles. The Morgan fingerprint density at radius 2 is 1.22 bits per heavy atom. The Kier molecular flexibility index (Phi) is 6.31. The van der Waals surface area contributed by atoms with Crippen LogP contribution in [0.3, 0.4) is 0 Å². The molecular formula is C27H27N3OS. The smallest absolute Gasteiger partial charge is 0.144 e. The molecule has 0 radical (unpaired) electrons. The Labute approximate surface area is 193 Å². The van der Waals surface area contributed by atoms with E-state index in [0.29, 0.717) is 5.69 Å². The molecule has 0 aliphatic rings. The van der Waals surface area contributed by atoms with Gasteiger partial charge in [-0.3, -0.25) is 0 Å². The molecule has 0 spiro atoms. The summed E-state index contributed by atoms with van der Waals surface area (Å²) < 4.78 is 18.3. The number of hydrogen-bond donors (Lipinski definition) is 0. The Bertz CT molecular complexity index is 1070. The SMILES string of the molecule is CC(C)(C)[S@+]([O-])/N=C/c1cn(C(c2ccccc2)(c2ccccc2)c2ccccc2)cn1. The van der Waals surface area contributed by atoms with E-state index in [1.54, 1.807) is 6.21 Å². The van der Waals surface area contributed by atoms with Gasteiger partial charge in [-0.1, -0.05) is 95.4 Å². The Balaban J connectivity index is 1.92. The molecule has 0 saturated carbocycles. The van der Waals surface area contributed by atoms with Gasteiger partial charge < -0.3 is 9.12 Å². The maximum Gasteiger partial charge on any atom is 0.144 e. The zero-order valence-electron chi connectivity index (χ0n) is 18.6. The van der Waals surface area contributed by atoms with Crippen LogP contribution in [0, 0.1) is 0 Å². The molecule has 1 heterocycles. The van der Waals surface area contributed by atoms with Gasteiger partial charge in [-0.15, -0.1) is 0 Å². The Hall–Kier alpha value is -3.15. The van der Waals surface area contributed by atoms with Gasteiger partial charge in [0.2, 0.25) is 0 Å². The molecule has 4 nitrogen and oxygen atoms in total. The van der Waals surface area contributed by atoms with Crippen molar-refractivity contribution >= 4 is 17.6 Å². The van der Waals surface area contributed by atoms with Crippen molar-refractivity contribution in [3.63, 3.8) is 0 Å². The van der Waals surface area contributed by atoms with Gasteiger partial charge in [0.25, 0.3) is 0 Å². The van der Waals surface area contributed by atoms with Crippen LogP contribution in [0.25, 0.3) is 0 Å². The molecule has 5 heteroatoms. The van der Waals surface area contributed by atoms with E-state index in [-0.39, 0.29) is 0 Å². The summed E-state index contributed by atoms with van der Waals surface area (Å²) in [5.74, 6) is 0. The first kappa shape index (κ1) is 22.1. The molecule has 0 fully saturated rings. The second kappa shape index (κ2) is 9.15.